The number of carbonyl (C=O) groups is 4. The maximum Gasteiger partial charge on any atom is 0.300 e. The highest BCUT2D eigenvalue weighted by molar-refractivity contribution is 7.70. The number of halogens is 1. The summed E-state index contributed by atoms with van der Waals surface area (Å²) in [5.74, 6) is 11.7. The number of ether oxygens (including phenoxy) is 1. The van der Waals surface area contributed by atoms with E-state index in [1.807, 2.05) is 48.5 Å². The summed E-state index contributed by atoms with van der Waals surface area (Å²) in [5.41, 5.74) is 4.84. The highest BCUT2D eigenvalue weighted by Crippen LogP contribution is 2.41. The van der Waals surface area contributed by atoms with Crippen LogP contribution in [0, 0.1) is 23.7 Å². The molecule has 70 heavy (non-hydrogen) atoms. The molecule has 1 unspecified atom stereocenters. The van der Waals surface area contributed by atoms with E-state index in [9.17, 15) is 23.7 Å². The topological polar surface area (TPSA) is 181 Å². The molecule has 0 spiro atoms. The lowest BCUT2D eigenvalue weighted by atomic mass is 10.0. The number of imide groups is 1. The quantitative estimate of drug-likeness (QED) is 0.0424. The standard InChI is InChI=1S/C52H60ClN10O6P/c1-5-14-47(64)55-41-31-42(57-52-54-33-39(53)49(59-52)56-40-18-10-11-19-46(40)70(3,4)68)45(69-2)32-44(41)62-25-22-36(23-26-62)61-29-27-60(28-30-61)24-12-8-6-7-9-15-35-16-13-17-37-38(35)34-63(51(37)67)43-20-21-48(65)58-50(43)66/h10-11,13,16-19,31-33,36,43H,6-8,12,20-30,34H2,1-4H3,(H,55,64)(H,58,65,66)(H2,54,56,57,59). The first-order valence-corrected chi connectivity index (χ1v) is 26.9. The van der Waals surface area contributed by atoms with Crippen molar-refractivity contribution in [2.75, 3.05) is 87.1 Å². The van der Waals surface area contributed by atoms with Crippen LogP contribution in [0.1, 0.15) is 79.8 Å². The van der Waals surface area contributed by atoms with Crippen LogP contribution in [-0.4, -0.2) is 127 Å². The molecule has 4 aliphatic rings. The van der Waals surface area contributed by atoms with Gasteiger partial charge < -0.3 is 40.0 Å². The minimum Gasteiger partial charge on any atom is -0.494 e. The van der Waals surface area contributed by atoms with Crippen LogP contribution in [0.5, 0.6) is 5.75 Å². The number of piperazine rings is 1. The molecule has 4 amide bonds. The first-order chi connectivity index (χ1) is 33.8. The minimum absolute atomic E-state index is 0.183. The number of unbranched alkanes of at least 4 members (excludes halogenated alkanes) is 3. The van der Waals surface area contributed by atoms with Crippen molar-refractivity contribution in [2.24, 2.45) is 0 Å². The maximum absolute atomic E-state index is 13.2. The van der Waals surface area contributed by atoms with Gasteiger partial charge in [-0.15, -0.1) is 0 Å². The van der Waals surface area contributed by atoms with Crippen LogP contribution >= 0.6 is 18.7 Å². The van der Waals surface area contributed by atoms with Gasteiger partial charge in [-0.3, -0.25) is 29.4 Å². The Kier molecular flexibility index (Phi) is 16.1. The fourth-order valence-corrected chi connectivity index (χ4v) is 11.0. The van der Waals surface area contributed by atoms with Crippen molar-refractivity contribution in [1.29, 1.82) is 0 Å². The predicted octanol–water partition coefficient (Wildman–Crippen LogP) is 6.80. The second-order valence-corrected chi connectivity index (χ2v) is 21.9. The highest BCUT2D eigenvalue weighted by atomic mass is 35.5. The van der Waals surface area contributed by atoms with E-state index in [0.29, 0.717) is 58.5 Å². The van der Waals surface area contributed by atoms with E-state index in [4.69, 9.17) is 16.3 Å². The number of anilines is 6. The number of carbonyl (C=O) groups excluding carboxylic acids is 4. The molecule has 5 heterocycles. The van der Waals surface area contributed by atoms with Crippen molar-refractivity contribution in [1.82, 2.24) is 30.0 Å². The third kappa shape index (κ3) is 11.9. The van der Waals surface area contributed by atoms with E-state index in [0.717, 1.165) is 101 Å². The lowest BCUT2D eigenvalue weighted by molar-refractivity contribution is -0.137. The molecule has 0 bridgehead atoms. The predicted molar refractivity (Wildman–Crippen MR) is 275 cm³/mol. The number of nitrogens with one attached hydrogen (secondary N) is 4. The number of fused-ring (bicyclic) bond motifs is 1. The molecule has 3 aromatic carbocycles. The van der Waals surface area contributed by atoms with E-state index >= 15 is 0 Å². The molecule has 0 radical (unpaired) electrons. The van der Waals surface area contributed by atoms with Gasteiger partial charge in [0.05, 0.1) is 36.1 Å². The molecule has 18 heteroatoms. The van der Waals surface area contributed by atoms with Gasteiger partial charge >= 0.3 is 0 Å². The van der Waals surface area contributed by atoms with E-state index in [1.165, 1.54) is 6.20 Å². The Balaban J connectivity index is 0.811. The molecular formula is C52H60ClN10O6P. The zero-order valence-corrected chi connectivity index (χ0v) is 41.9. The summed E-state index contributed by atoms with van der Waals surface area (Å²) in [5, 5.41) is 12.8. The number of hydrogen-bond acceptors (Lipinski definition) is 13. The van der Waals surface area contributed by atoms with Crippen molar-refractivity contribution in [3.05, 3.63) is 82.5 Å². The lowest BCUT2D eigenvalue weighted by Crippen LogP contribution is -2.53. The van der Waals surface area contributed by atoms with Gasteiger partial charge in [0.25, 0.3) is 11.8 Å². The van der Waals surface area contributed by atoms with E-state index < -0.39 is 25.0 Å². The molecule has 366 valence electrons. The van der Waals surface area contributed by atoms with Crippen LogP contribution in [-0.2, 0) is 25.5 Å². The van der Waals surface area contributed by atoms with Crippen molar-refractivity contribution < 1.29 is 28.5 Å². The van der Waals surface area contributed by atoms with E-state index in [1.54, 1.807) is 38.3 Å². The first-order valence-electron chi connectivity index (χ1n) is 23.9. The number of para-hydroxylation sites is 1. The smallest absolute Gasteiger partial charge is 0.300 e. The number of hydrogen-bond donors (Lipinski definition) is 4. The summed E-state index contributed by atoms with van der Waals surface area (Å²) in [6.07, 6.45) is 7.98. The summed E-state index contributed by atoms with van der Waals surface area (Å²) in [7, 11) is -1.02. The molecule has 0 saturated carbocycles. The summed E-state index contributed by atoms with van der Waals surface area (Å²) >= 11 is 6.54. The van der Waals surface area contributed by atoms with Crippen molar-refractivity contribution in [3.8, 4) is 29.4 Å². The summed E-state index contributed by atoms with van der Waals surface area (Å²) in [6, 6.07) is 16.5. The van der Waals surface area contributed by atoms with E-state index in [2.05, 4.69) is 69.6 Å². The Morgan fingerprint density at radius 2 is 1.71 bits per heavy atom. The van der Waals surface area contributed by atoms with Crippen LogP contribution < -0.4 is 36.2 Å². The molecule has 4 aliphatic heterocycles. The van der Waals surface area contributed by atoms with Gasteiger partial charge in [0, 0.05) is 87.2 Å². The lowest BCUT2D eigenvalue weighted by Gasteiger charge is -2.43. The molecule has 16 nitrogen and oxygen atoms in total. The SMILES string of the molecule is CC#CC(=O)Nc1cc(Nc2ncc(Cl)c(Nc3ccccc3P(C)(C)=O)n2)c(OC)cc1N1CCC(N2CCN(CCCCCC#Cc3cccc4c3CN(C3CCC(=O)NC3=O)C4=O)CC2)CC1. The molecular weight excluding hydrogens is 927 g/mol. The third-order valence-electron chi connectivity index (χ3n) is 13.3. The Morgan fingerprint density at radius 3 is 2.46 bits per heavy atom. The average Bonchev–Trinajstić information content (AvgIpc) is 3.68. The van der Waals surface area contributed by atoms with Crippen molar-refractivity contribution in [3.63, 3.8) is 0 Å². The Morgan fingerprint density at radius 1 is 0.929 bits per heavy atom. The minimum atomic E-state index is -2.61. The van der Waals surface area contributed by atoms with Crippen LogP contribution in [0.2, 0.25) is 5.02 Å². The normalized spacial score (nSPS) is 17.7. The van der Waals surface area contributed by atoms with Gasteiger partial charge in [0.2, 0.25) is 17.8 Å². The molecule has 8 rings (SSSR count). The summed E-state index contributed by atoms with van der Waals surface area (Å²) in [6.45, 7) is 12.2. The number of methoxy groups -OCH3 is 1. The molecule has 4 N–H and O–H groups in total. The first kappa shape index (κ1) is 50.0. The molecule has 1 aromatic heterocycles. The zero-order chi connectivity index (χ0) is 49.4. The van der Waals surface area contributed by atoms with Gasteiger partial charge in [0.15, 0.2) is 5.82 Å². The van der Waals surface area contributed by atoms with Gasteiger partial charge in [0.1, 0.15) is 24.0 Å². The number of piperidine rings is 2. The number of amides is 4. The summed E-state index contributed by atoms with van der Waals surface area (Å²) < 4.78 is 18.9. The maximum atomic E-state index is 13.2. The van der Waals surface area contributed by atoms with Gasteiger partial charge in [-0.25, -0.2) is 4.98 Å². The zero-order valence-electron chi connectivity index (χ0n) is 40.2. The molecule has 1 atom stereocenters. The number of aromatic nitrogens is 2. The third-order valence-corrected chi connectivity index (χ3v) is 15.2. The monoisotopic (exact) mass is 986 g/mol. The molecule has 3 fully saturated rings. The number of benzene rings is 3. The average molecular weight is 988 g/mol. The van der Waals surface area contributed by atoms with Crippen LogP contribution in [0.4, 0.5) is 34.5 Å². The van der Waals surface area contributed by atoms with Crippen LogP contribution in [0.25, 0.3) is 0 Å². The second kappa shape index (κ2) is 22.6. The fourth-order valence-electron chi connectivity index (χ4n) is 9.69. The highest BCUT2D eigenvalue weighted by Gasteiger charge is 2.40. The molecule has 4 aromatic rings. The number of nitrogens with zero attached hydrogens (tertiary/aromatic N) is 6. The van der Waals surface area contributed by atoms with Gasteiger partial charge in [-0.2, -0.15) is 4.98 Å². The summed E-state index contributed by atoms with van der Waals surface area (Å²) in [4.78, 5) is 68.3. The Bertz CT molecular complexity index is 2820. The number of rotatable bonds is 15. The second-order valence-electron chi connectivity index (χ2n) is 18.3. The molecule has 3 saturated heterocycles. The van der Waals surface area contributed by atoms with Crippen LogP contribution in [0.3, 0.4) is 0 Å². The van der Waals surface area contributed by atoms with Crippen LogP contribution in [0.15, 0.2) is 60.8 Å². The van der Waals surface area contributed by atoms with Gasteiger partial charge in [-0.05, 0) is 101 Å². The van der Waals surface area contributed by atoms with E-state index in [-0.39, 0.29) is 29.2 Å². The van der Waals surface area contributed by atoms with Crippen molar-refractivity contribution in [2.45, 2.75) is 76.9 Å². The fraction of sp³-hybridized carbons (Fsp3) is 0.423. The molecule has 0 aliphatic carbocycles. The van der Waals surface area contributed by atoms with Crippen molar-refractivity contribution >= 4 is 82.2 Å². The largest absolute Gasteiger partial charge is 0.494 e. The van der Waals surface area contributed by atoms with Gasteiger partial charge in [-0.1, -0.05) is 54.0 Å². The Labute approximate surface area is 415 Å². The Hall–Kier alpha value is -6.42.